The first-order valence-corrected chi connectivity index (χ1v) is 9.32. The first kappa shape index (κ1) is 18.5. The zero-order chi connectivity index (χ0) is 18.5. The van der Waals surface area contributed by atoms with Crippen LogP contribution in [-0.4, -0.2) is 31.2 Å². The van der Waals surface area contributed by atoms with Gasteiger partial charge in [-0.15, -0.1) is 0 Å². The van der Waals surface area contributed by atoms with Crippen LogP contribution in [0.3, 0.4) is 0 Å². The zero-order valence-electron chi connectivity index (χ0n) is 14.9. The number of aryl methyl sites for hydroxylation is 1. The van der Waals surface area contributed by atoms with Gasteiger partial charge in [-0.05, 0) is 37.6 Å². The van der Waals surface area contributed by atoms with Gasteiger partial charge < -0.3 is 10.1 Å². The van der Waals surface area contributed by atoms with Gasteiger partial charge in [0.25, 0.3) is 5.91 Å². The average Bonchev–Trinajstić information content (AvgIpc) is 2.65. The largest absolute Gasteiger partial charge is 0.385 e. The lowest BCUT2D eigenvalue weighted by Crippen LogP contribution is -2.25. The maximum Gasteiger partial charge on any atom is 0.252 e. The number of carbonyl (C=O) groups excluding carboxylic acids is 1. The van der Waals surface area contributed by atoms with E-state index >= 15 is 0 Å². The fraction of sp³-hybridized carbons (Fsp3) is 0.238. The SMILES string of the molecule is COCCCNC(=O)c1cc(-c2ccc(C)cc2)nc2ccc(Br)cc12. The number of amides is 1. The number of hydrogen-bond acceptors (Lipinski definition) is 3. The smallest absolute Gasteiger partial charge is 0.252 e. The Morgan fingerprint density at radius 3 is 2.65 bits per heavy atom. The number of methoxy groups -OCH3 is 1. The molecule has 0 fully saturated rings. The molecule has 0 aliphatic heterocycles. The molecule has 1 aromatic heterocycles. The lowest BCUT2D eigenvalue weighted by molar-refractivity contribution is 0.0950. The number of nitrogens with one attached hydrogen (secondary N) is 1. The maximum absolute atomic E-state index is 12.8. The fourth-order valence-electron chi connectivity index (χ4n) is 2.77. The maximum atomic E-state index is 12.8. The van der Waals surface area contributed by atoms with Crippen LogP contribution < -0.4 is 5.32 Å². The van der Waals surface area contributed by atoms with Gasteiger partial charge in [0.05, 0.1) is 16.8 Å². The molecule has 3 rings (SSSR count). The van der Waals surface area contributed by atoms with Crippen molar-refractivity contribution in [2.75, 3.05) is 20.3 Å². The minimum absolute atomic E-state index is 0.0973. The summed E-state index contributed by atoms with van der Waals surface area (Å²) in [5, 5.41) is 3.80. The molecule has 0 unspecified atom stereocenters. The second kappa shape index (κ2) is 8.43. The molecule has 0 bridgehead atoms. The van der Waals surface area contributed by atoms with Crippen LogP contribution in [0.25, 0.3) is 22.2 Å². The molecule has 2 aromatic carbocycles. The van der Waals surface area contributed by atoms with Crippen molar-refractivity contribution in [3.8, 4) is 11.3 Å². The van der Waals surface area contributed by atoms with Crippen molar-refractivity contribution >= 4 is 32.7 Å². The van der Waals surface area contributed by atoms with E-state index in [0.717, 1.165) is 33.1 Å². The van der Waals surface area contributed by atoms with E-state index < -0.39 is 0 Å². The molecule has 0 spiro atoms. The molecule has 1 N–H and O–H groups in total. The van der Waals surface area contributed by atoms with E-state index in [1.807, 2.05) is 55.5 Å². The van der Waals surface area contributed by atoms with Gasteiger partial charge in [0, 0.05) is 35.7 Å². The Morgan fingerprint density at radius 2 is 1.92 bits per heavy atom. The summed E-state index contributed by atoms with van der Waals surface area (Å²) in [4.78, 5) is 17.5. The van der Waals surface area contributed by atoms with E-state index in [1.54, 1.807) is 7.11 Å². The van der Waals surface area contributed by atoms with E-state index in [0.29, 0.717) is 18.7 Å². The highest BCUT2D eigenvalue weighted by atomic mass is 79.9. The average molecular weight is 413 g/mol. The number of halogens is 1. The zero-order valence-corrected chi connectivity index (χ0v) is 16.5. The van der Waals surface area contributed by atoms with Crippen LogP contribution in [-0.2, 0) is 4.74 Å². The molecule has 0 saturated carbocycles. The number of aromatic nitrogens is 1. The van der Waals surface area contributed by atoms with Crippen molar-refractivity contribution in [1.29, 1.82) is 0 Å². The summed E-state index contributed by atoms with van der Waals surface area (Å²) in [5.74, 6) is -0.0973. The van der Waals surface area contributed by atoms with Gasteiger partial charge in [-0.3, -0.25) is 4.79 Å². The van der Waals surface area contributed by atoms with Crippen LogP contribution in [0.15, 0.2) is 53.0 Å². The Morgan fingerprint density at radius 1 is 1.15 bits per heavy atom. The van der Waals surface area contributed by atoms with Crippen molar-refractivity contribution < 1.29 is 9.53 Å². The van der Waals surface area contributed by atoms with Crippen molar-refractivity contribution in [2.24, 2.45) is 0 Å². The predicted molar refractivity (Wildman–Crippen MR) is 108 cm³/mol. The van der Waals surface area contributed by atoms with Crippen molar-refractivity contribution in [3.05, 3.63) is 64.1 Å². The minimum Gasteiger partial charge on any atom is -0.385 e. The van der Waals surface area contributed by atoms with Crippen molar-refractivity contribution in [2.45, 2.75) is 13.3 Å². The molecule has 0 aliphatic rings. The number of ether oxygens (including phenoxy) is 1. The molecule has 26 heavy (non-hydrogen) atoms. The third-order valence-electron chi connectivity index (χ3n) is 4.17. The quantitative estimate of drug-likeness (QED) is 0.594. The summed E-state index contributed by atoms with van der Waals surface area (Å²) < 4.78 is 5.95. The molecule has 134 valence electrons. The number of pyridine rings is 1. The van der Waals surface area contributed by atoms with E-state index in [-0.39, 0.29) is 5.91 Å². The molecule has 3 aromatic rings. The molecule has 0 radical (unpaired) electrons. The Kier molecular flexibility index (Phi) is 6.01. The number of hydrogen-bond donors (Lipinski definition) is 1. The molecule has 0 atom stereocenters. The van der Waals surface area contributed by atoms with Gasteiger partial charge in [-0.1, -0.05) is 45.8 Å². The van der Waals surface area contributed by atoms with Gasteiger partial charge in [-0.2, -0.15) is 0 Å². The topological polar surface area (TPSA) is 51.2 Å². The number of benzene rings is 2. The highest BCUT2D eigenvalue weighted by Gasteiger charge is 2.14. The summed E-state index contributed by atoms with van der Waals surface area (Å²) in [6, 6.07) is 15.8. The minimum atomic E-state index is -0.0973. The number of fused-ring (bicyclic) bond motifs is 1. The van der Waals surface area contributed by atoms with Crippen LogP contribution in [0.2, 0.25) is 0 Å². The van der Waals surface area contributed by atoms with Crippen molar-refractivity contribution in [3.63, 3.8) is 0 Å². The molecule has 4 nitrogen and oxygen atoms in total. The standard InChI is InChI=1S/C21H21BrN2O2/c1-14-4-6-15(7-5-14)20-13-18(21(25)23-10-3-11-26-2)17-12-16(22)8-9-19(17)24-20/h4-9,12-13H,3,10-11H2,1-2H3,(H,23,25). The summed E-state index contributed by atoms with van der Waals surface area (Å²) in [6.07, 6.45) is 0.778. The van der Waals surface area contributed by atoms with Gasteiger partial charge in [-0.25, -0.2) is 4.98 Å². The first-order valence-electron chi connectivity index (χ1n) is 8.53. The molecule has 0 saturated heterocycles. The summed E-state index contributed by atoms with van der Waals surface area (Å²) in [7, 11) is 1.66. The van der Waals surface area contributed by atoms with Gasteiger partial charge in [0.15, 0.2) is 0 Å². The summed E-state index contributed by atoms with van der Waals surface area (Å²) in [5.41, 5.74) is 4.41. The van der Waals surface area contributed by atoms with Crippen LogP contribution in [0, 0.1) is 6.92 Å². The summed E-state index contributed by atoms with van der Waals surface area (Å²) >= 11 is 3.48. The predicted octanol–water partition coefficient (Wildman–Crippen LogP) is 4.74. The highest BCUT2D eigenvalue weighted by molar-refractivity contribution is 9.10. The molecule has 5 heteroatoms. The van der Waals surface area contributed by atoms with Crippen LogP contribution in [0.1, 0.15) is 22.3 Å². The number of nitrogens with zero attached hydrogens (tertiary/aromatic N) is 1. The van der Waals surface area contributed by atoms with E-state index in [2.05, 4.69) is 21.2 Å². The third kappa shape index (κ3) is 4.29. The molecule has 1 amide bonds. The normalized spacial score (nSPS) is 10.9. The highest BCUT2D eigenvalue weighted by Crippen LogP contribution is 2.27. The summed E-state index contributed by atoms with van der Waals surface area (Å²) in [6.45, 7) is 3.25. The van der Waals surface area contributed by atoms with Crippen LogP contribution >= 0.6 is 15.9 Å². The lowest BCUT2D eigenvalue weighted by Gasteiger charge is -2.11. The van der Waals surface area contributed by atoms with E-state index in [9.17, 15) is 4.79 Å². The monoisotopic (exact) mass is 412 g/mol. The molecular formula is C21H21BrN2O2. The van der Waals surface area contributed by atoms with Crippen LogP contribution in [0.5, 0.6) is 0 Å². The molecule has 0 aliphatic carbocycles. The lowest BCUT2D eigenvalue weighted by atomic mass is 10.0. The van der Waals surface area contributed by atoms with E-state index in [1.165, 1.54) is 5.56 Å². The Labute approximate surface area is 161 Å². The van der Waals surface area contributed by atoms with Crippen molar-refractivity contribution in [1.82, 2.24) is 10.3 Å². The Hall–Kier alpha value is -2.24. The van der Waals surface area contributed by atoms with Gasteiger partial charge in [0.1, 0.15) is 0 Å². The molecular weight excluding hydrogens is 392 g/mol. The Bertz CT molecular complexity index is 923. The van der Waals surface area contributed by atoms with Gasteiger partial charge in [0.2, 0.25) is 0 Å². The fourth-order valence-corrected chi connectivity index (χ4v) is 3.13. The number of carbonyl (C=O) groups is 1. The molecule has 1 heterocycles. The third-order valence-corrected chi connectivity index (χ3v) is 4.67. The second-order valence-electron chi connectivity index (χ2n) is 6.18. The first-order chi connectivity index (χ1) is 12.6. The number of rotatable bonds is 6. The van der Waals surface area contributed by atoms with E-state index in [4.69, 9.17) is 9.72 Å². The van der Waals surface area contributed by atoms with Crippen LogP contribution in [0.4, 0.5) is 0 Å². The van der Waals surface area contributed by atoms with Gasteiger partial charge >= 0.3 is 0 Å². The second-order valence-corrected chi connectivity index (χ2v) is 7.10. The Balaban J connectivity index is 2.02.